The molecule has 13 aromatic rings. The van der Waals surface area contributed by atoms with E-state index >= 15 is 0 Å². The lowest BCUT2D eigenvalue weighted by Gasteiger charge is -2.05. The Labute approximate surface area is 605 Å². The largest absolute Gasteiger partial charge is 0.467 e. The van der Waals surface area contributed by atoms with Gasteiger partial charge in [-0.3, -0.25) is 9.97 Å². The summed E-state index contributed by atoms with van der Waals surface area (Å²) in [6.45, 7) is 66.0. The topological polar surface area (TPSA) is 129 Å². The number of hydrogen-bond acceptors (Lipinski definition) is 11. The summed E-state index contributed by atoms with van der Waals surface area (Å²) in [7, 11) is 0. The summed E-state index contributed by atoms with van der Waals surface area (Å²) in [5.74, 6) is 5.18. The molecule has 0 bridgehead atoms. The van der Waals surface area contributed by atoms with Crippen LogP contribution in [-0.4, -0.2) is 44.9 Å². The van der Waals surface area contributed by atoms with Gasteiger partial charge in [0.1, 0.15) is 41.1 Å². The van der Waals surface area contributed by atoms with Gasteiger partial charge in [0.2, 0.25) is 0 Å². The van der Waals surface area contributed by atoms with E-state index in [9.17, 15) is 0 Å². The van der Waals surface area contributed by atoms with Crippen molar-refractivity contribution in [2.45, 2.75) is 228 Å². The molecule has 536 valence electrons. The molecule has 6 aromatic carbocycles. The van der Waals surface area contributed by atoms with Crippen molar-refractivity contribution >= 4 is 65.5 Å². The van der Waals surface area contributed by atoms with Crippen LogP contribution < -0.4 is 0 Å². The second-order valence-electron chi connectivity index (χ2n) is 20.6. The van der Waals surface area contributed by atoms with Gasteiger partial charge in [0, 0.05) is 60.1 Å². The second kappa shape index (κ2) is 56.0. The fourth-order valence-corrected chi connectivity index (χ4v) is 10.0. The summed E-state index contributed by atoms with van der Waals surface area (Å²) < 4.78 is 5.08. The minimum atomic E-state index is 0.792. The van der Waals surface area contributed by atoms with E-state index in [2.05, 4.69) is 190 Å². The van der Waals surface area contributed by atoms with Crippen LogP contribution >= 0.6 is 11.3 Å². The third-order valence-corrected chi connectivity index (χ3v) is 13.7. The highest BCUT2D eigenvalue weighted by Crippen LogP contribution is 2.27. The molecule has 13 rings (SSSR count). The summed E-state index contributed by atoms with van der Waals surface area (Å²) in [5.41, 5.74) is 12.5. The molecule has 0 aliphatic rings. The average Bonchev–Trinajstić information content (AvgIpc) is 1.30. The van der Waals surface area contributed by atoms with Crippen molar-refractivity contribution in [2.24, 2.45) is 0 Å². The Kier molecular flexibility index (Phi) is 53.3. The van der Waals surface area contributed by atoms with Gasteiger partial charge < -0.3 is 4.42 Å². The molecule has 0 fully saturated rings. The van der Waals surface area contributed by atoms with E-state index in [4.69, 9.17) is 4.42 Å². The summed E-state index contributed by atoms with van der Waals surface area (Å²) in [6.07, 6.45) is 1.57. The minimum absolute atomic E-state index is 0.792. The van der Waals surface area contributed by atoms with E-state index in [0.29, 0.717) is 0 Å². The highest BCUT2D eigenvalue weighted by molar-refractivity contribution is 7.11. The number of fused-ring (bicyclic) bond motifs is 6. The number of thiophene rings is 1. The standard InChI is InChI=1S/C16H14.2C11H11N.C10H10N2.C6H9N3.C6H8N2.C6H8O.C6H8S.8C2H6/c1-11-3-7-15-13(9-11)5-6-14-10-12(2)4-8-16(14)15;1-8-7-10-5-3-4-6-11(10)9(2)12-8;1-8-7-9(2)12-11-6-4-3-5-10(8)11;1-7-9-5-3-4-6-10(9)12-8(2)11-7;1-4-7-5(2)9-6(3)8-4;1-5-3-6(2)8-4-7-5;2*1-5-3-4-6(2)7-5;8*1-2/h3-10H,1-2H3;2*3-7H,1-2H3;3-6H,1-2H3;1-3H3;3-4H,1-2H3;2*3-4H,1-2H3;8*1-2H3. The quantitative estimate of drug-likeness (QED) is 0.135. The van der Waals surface area contributed by atoms with Gasteiger partial charge in [-0.15, -0.1) is 11.3 Å². The number of aromatic nitrogens is 9. The molecule has 0 saturated heterocycles. The van der Waals surface area contributed by atoms with Gasteiger partial charge in [-0.25, -0.2) is 34.9 Å². The summed E-state index contributed by atoms with van der Waals surface area (Å²) in [4.78, 5) is 40.1. The fourth-order valence-electron chi connectivity index (χ4n) is 9.22. The number of nitrogens with zero attached hydrogens (tertiary/aromatic N) is 9. The third kappa shape index (κ3) is 37.0. The fraction of sp³-hybridized carbons (Fsp3) is 0.375. The maximum Gasteiger partial charge on any atom is 0.129 e. The van der Waals surface area contributed by atoms with Gasteiger partial charge in [0.05, 0.1) is 11.0 Å². The summed E-state index contributed by atoms with van der Waals surface area (Å²) >= 11 is 1.84. The van der Waals surface area contributed by atoms with Crippen molar-refractivity contribution in [3.8, 4) is 0 Å². The van der Waals surface area contributed by atoms with Crippen molar-refractivity contribution in [3.63, 3.8) is 0 Å². The SMILES string of the molecule is CC.CC.CC.CC.CC.CC.CC.CC.Cc1cc(C)c2ccccc2n1.Cc1cc(C)ncn1.Cc1cc2ccccc2c(C)n1.Cc1ccc(C)o1.Cc1ccc(C)s1.Cc1ccc2c(ccc3cc(C)ccc32)c1.Cc1nc(C)c2ccccc2n1.Cc1nc(C)nc(C)n1. The van der Waals surface area contributed by atoms with E-state index in [-0.39, 0.29) is 0 Å². The first-order valence-electron chi connectivity index (χ1n) is 35.8. The van der Waals surface area contributed by atoms with E-state index < -0.39 is 0 Å². The Bertz CT molecular complexity index is 3830. The zero-order valence-electron chi connectivity index (χ0n) is 67.5. The number of aryl methyl sites for hydroxylation is 17. The van der Waals surface area contributed by atoms with Crippen LogP contribution in [0.5, 0.6) is 0 Å². The Morgan fingerprint density at radius 2 is 0.626 bits per heavy atom. The number of pyridine rings is 2. The molecule has 0 spiro atoms. The van der Waals surface area contributed by atoms with Crippen LogP contribution in [0.25, 0.3) is 54.1 Å². The maximum absolute atomic E-state index is 5.08. The molecule has 7 aromatic heterocycles. The lowest BCUT2D eigenvalue weighted by molar-refractivity contribution is 0.504. The lowest BCUT2D eigenvalue weighted by Crippen LogP contribution is -1.97. The predicted octanol–water partition coefficient (Wildman–Crippen LogP) is 26.9. The van der Waals surface area contributed by atoms with Crippen LogP contribution in [0.2, 0.25) is 0 Å². The first-order valence-corrected chi connectivity index (χ1v) is 36.6. The van der Waals surface area contributed by atoms with Crippen molar-refractivity contribution in [1.29, 1.82) is 0 Å². The first-order chi connectivity index (χ1) is 47.6. The van der Waals surface area contributed by atoms with Crippen LogP contribution in [0, 0.1) is 118 Å². The van der Waals surface area contributed by atoms with Crippen LogP contribution in [0.4, 0.5) is 0 Å². The van der Waals surface area contributed by atoms with Crippen LogP contribution in [0.3, 0.4) is 0 Å². The molecular formula is C88H127N9OS. The van der Waals surface area contributed by atoms with E-state index in [1.54, 1.807) is 6.33 Å². The Morgan fingerprint density at radius 1 is 0.263 bits per heavy atom. The Hall–Kier alpha value is -8.93. The Morgan fingerprint density at radius 3 is 1.02 bits per heavy atom. The van der Waals surface area contributed by atoms with E-state index in [1.165, 1.54) is 64.1 Å². The van der Waals surface area contributed by atoms with Crippen molar-refractivity contribution in [2.75, 3.05) is 0 Å². The number of rotatable bonds is 0. The lowest BCUT2D eigenvalue weighted by atomic mass is 9.99. The van der Waals surface area contributed by atoms with E-state index in [1.807, 2.05) is 259 Å². The van der Waals surface area contributed by atoms with Crippen LogP contribution in [-0.2, 0) is 0 Å². The molecule has 7 heterocycles. The van der Waals surface area contributed by atoms with Crippen molar-refractivity contribution in [3.05, 3.63) is 266 Å². The van der Waals surface area contributed by atoms with Gasteiger partial charge in [-0.05, 0) is 205 Å². The second-order valence-corrected chi connectivity index (χ2v) is 22.1. The van der Waals surface area contributed by atoms with Gasteiger partial charge in [-0.2, -0.15) is 0 Å². The smallest absolute Gasteiger partial charge is 0.129 e. The molecule has 11 heteroatoms. The molecular weight excluding hydrogens is 1230 g/mol. The monoisotopic (exact) mass is 1360 g/mol. The van der Waals surface area contributed by atoms with E-state index in [0.717, 1.165) is 85.4 Å². The number of benzene rings is 6. The van der Waals surface area contributed by atoms with Crippen LogP contribution in [0.1, 0.15) is 206 Å². The summed E-state index contributed by atoms with van der Waals surface area (Å²) in [6, 6.07) is 56.7. The number of para-hydroxylation sites is 2. The zero-order chi connectivity index (χ0) is 76.2. The third-order valence-electron chi connectivity index (χ3n) is 12.8. The van der Waals surface area contributed by atoms with Gasteiger partial charge in [-0.1, -0.05) is 231 Å². The molecule has 0 unspecified atom stereocenters. The molecule has 10 nitrogen and oxygen atoms in total. The molecule has 0 saturated carbocycles. The maximum atomic E-state index is 5.08. The molecule has 0 radical (unpaired) electrons. The minimum Gasteiger partial charge on any atom is -0.467 e. The number of hydrogen-bond donors (Lipinski definition) is 0. The predicted molar refractivity (Wildman–Crippen MR) is 441 cm³/mol. The first kappa shape index (κ1) is 94.3. The Balaban J connectivity index is -0.00000104. The zero-order valence-corrected chi connectivity index (χ0v) is 68.3. The van der Waals surface area contributed by atoms with Crippen molar-refractivity contribution < 1.29 is 4.42 Å². The average molecular weight is 1360 g/mol. The molecule has 0 N–H and O–H groups in total. The molecule has 0 atom stereocenters. The normalized spacial score (nSPS) is 9.06. The highest BCUT2D eigenvalue weighted by Gasteiger charge is 2.03. The molecule has 0 aliphatic carbocycles. The van der Waals surface area contributed by atoms with Gasteiger partial charge in [0.15, 0.2) is 0 Å². The van der Waals surface area contributed by atoms with Crippen LogP contribution in [0.15, 0.2) is 175 Å². The van der Waals surface area contributed by atoms with Crippen molar-refractivity contribution in [1.82, 2.24) is 44.9 Å². The molecule has 0 aliphatic heterocycles. The molecule has 99 heavy (non-hydrogen) atoms. The highest BCUT2D eigenvalue weighted by atomic mass is 32.1. The van der Waals surface area contributed by atoms with Gasteiger partial charge >= 0.3 is 0 Å². The van der Waals surface area contributed by atoms with Gasteiger partial charge in [0.25, 0.3) is 0 Å². The summed E-state index contributed by atoms with van der Waals surface area (Å²) in [5, 5.41) is 10.3. The molecule has 0 amide bonds. The number of furan rings is 1.